The number of nitrogens with zero attached hydrogens (tertiary/aromatic N) is 7. The maximum atomic E-state index is 13.3. The van der Waals surface area contributed by atoms with Crippen LogP contribution in [0.3, 0.4) is 0 Å². The summed E-state index contributed by atoms with van der Waals surface area (Å²) in [5.41, 5.74) is 2.93. The highest BCUT2D eigenvalue weighted by Gasteiger charge is 2.38. The number of halogens is 3. The van der Waals surface area contributed by atoms with Crippen molar-refractivity contribution in [1.29, 1.82) is 0 Å². The van der Waals surface area contributed by atoms with E-state index in [-0.39, 0.29) is 31.0 Å². The van der Waals surface area contributed by atoms with Crippen LogP contribution < -0.4 is 10.7 Å². The van der Waals surface area contributed by atoms with Gasteiger partial charge in [-0.25, -0.2) is 14.8 Å². The van der Waals surface area contributed by atoms with Crippen molar-refractivity contribution in [2.45, 2.75) is 71.5 Å². The van der Waals surface area contributed by atoms with Gasteiger partial charge in [0.05, 0.1) is 21.7 Å². The molecule has 1 amide bonds. The molecule has 11 nitrogen and oxygen atoms in total. The molecule has 5 heterocycles. The maximum absolute atomic E-state index is 13.3. The van der Waals surface area contributed by atoms with Crippen molar-refractivity contribution in [3.63, 3.8) is 0 Å². The van der Waals surface area contributed by atoms with Crippen molar-refractivity contribution < 1.29 is 18.1 Å². The molecule has 14 heteroatoms. The van der Waals surface area contributed by atoms with Crippen LogP contribution in [0, 0.1) is 11.8 Å². The Labute approximate surface area is 251 Å². The van der Waals surface area contributed by atoms with Crippen molar-refractivity contribution >= 4 is 34.5 Å². The quantitative estimate of drug-likeness (QED) is 0.321. The standard InChI is InChI=1S/C29H33ClF2N8O3/c1-15-4-6-18(7-5-15)14-39-24-21(35-28(39)40-16(2)12-38(13-17(40)3)27(41)25(31)32)9-22(26-36-29(42)43-37-26)34-23(24)19-8-20(30)11-33-10-19/h8-11,15-18,25H,4-7,12-14H2,1-3H3,(H,36,37,42)/t15?,16-,17-,18?/m1/s1. The molecule has 1 N–H and O–H groups in total. The number of anilines is 1. The molecule has 1 aliphatic heterocycles. The number of hydrogen-bond acceptors (Lipinski definition) is 8. The lowest BCUT2D eigenvalue weighted by Crippen LogP contribution is -2.59. The Kier molecular flexibility index (Phi) is 7.92. The first-order valence-corrected chi connectivity index (χ1v) is 14.9. The number of carbonyl (C=O) groups excluding carboxylic acids is 1. The molecule has 1 saturated heterocycles. The second-order valence-corrected chi connectivity index (χ2v) is 12.3. The molecule has 6 rings (SSSR count). The number of alkyl halides is 2. The van der Waals surface area contributed by atoms with E-state index in [0.717, 1.165) is 31.2 Å². The zero-order valence-electron chi connectivity index (χ0n) is 24.1. The minimum atomic E-state index is -3.05. The Morgan fingerprint density at radius 2 is 1.81 bits per heavy atom. The van der Waals surface area contributed by atoms with E-state index in [9.17, 15) is 18.4 Å². The van der Waals surface area contributed by atoms with Crippen molar-refractivity contribution in [3.8, 4) is 22.8 Å². The van der Waals surface area contributed by atoms with Gasteiger partial charge in [0.2, 0.25) is 11.8 Å². The van der Waals surface area contributed by atoms with Crippen LogP contribution in [0.5, 0.6) is 0 Å². The lowest BCUT2D eigenvalue weighted by Gasteiger charge is -2.45. The van der Waals surface area contributed by atoms with Gasteiger partial charge in [-0.1, -0.05) is 36.5 Å². The first-order chi connectivity index (χ1) is 20.6. The summed E-state index contributed by atoms with van der Waals surface area (Å²) in [6.07, 6.45) is 4.58. The van der Waals surface area contributed by atoms with Gasteiger partial charge in [-0.15, -0.1) is 0 Å². The monoisotopic (exact) mass is 614 g/mol. The number of fused-ring (bicyclic) bond motifs is 1. The zero-order chi connectivity index (χ0) is 30.4. The fraction of sp³-hybridized carbons (Fsp3) is 0.517. The predicted octanol–water partition coefficient (Wildman–Crippen LogP) is 5.01. The molecule has 2 aliphatic rings. The molecule has 0 unspecified atom stereocenters. The molecular formula is C29H33ClF2N8O3. The van der Waals surface area contributed by atoms with Crippen molar-refractivity contribution in [2.24, 2.45) is 11.8 Å². The summed E-state index contributed by atoms with van der Waals surface area (Å²) in [6, 6.07) is 2.94. The smallest absolute Gasteiger partial charge is 0.334 e. The molecule has 43 heavy (non-hydrogen) atoms. The number of pyridine rings is 2. The van der Waals surface area contributed by atoms with Gasteiger partial charge < -0.3 is 14.4 Å². The van der Waals surface area contributed by atoms with E-state index < -0.39 is 18.1 Å². The number of rotatable bonds is 6. The minimum absolute atomic E-state index is 0.145. The fourth-order valence-corrected chi connectivity index (χ4v) is 6.70. The predicted molar refractivity (Wildman–Crippen MR) is 157 cm³/mol. The molecule has 0 bridgehead atoms. The Bertz CT molecular complexity index is 1680. The molecule has 1 aliphatic carbocycles. The fourth-order valence-electron chi connectivity index (χ4n) is 6.52. The molecule has 4 aromatic rings. The van der Waals surface area contributed by atoms with E-state index in [1.165, 1.54) is 11.1 Å². The summed E-state index contributed by atoms with van der Waals surface area (Å²) in [5.74, 6) is 0.0334. The Morgan fingerprint density at radius 1 is 1.09 bits per heavy atom. The van der Waals surface area contributed by atoms with E-state index in [4.69, 9.17) is 26.1 Å². The molecule has 0 spiro atoms. The average Bonchev–Trinajstić information content (AvgIpc) is 3.56. The van der Waals surface area contributed by atoms with E-state index >= 15 is 0 Å². The molecule has 228 valence electrons. The number of hydrogen-bond donors (Lipinski definition) is 1. The van der Waals surface area contributed by atoms with Crippen LogP contribution in [0.2, 0.25) is 5.02 Å². The highest BCUT2D eigenvalue weighted by Crippen LogP contribution is 2.38. The number of carbonyl (C=O) groups is 1. The van der Waals surface area contributed by atoms with Crippen LogP contribution in [-0.4, -0.2) is 72.1 Å². The third-order valence-corrected chi connectivity index (χ3v) is 8.80. The molecule has 0 aromatic carbocycles. The number of aromatic nitrogens is 6. The molecule has 2 fully saturated rings. The van der Waals surface area contributed by atoms with Gasteiger partial charge in [0, 0.05) is 49.7 Å². The van der Waals surface area contributed by atoms with Crippen molar-refractivity contribution in [2.75, 3.05) is 18.0 Å². The number of nitrogens with one attached hydrogen (secondary N) is 1. The van der Waals surface area contributed by atoms with E-state index in [1.807, 2.05) is 13.8 Å². The SMILES string of the molecule is CC1CCC(Cn2c(N3[C@H](C)CN(C(=O)C(F)F)C[C@H]3C)nc3cc(-c4noc(=O)[nH]4)nc(-c4cncc(Cl)c4)c32)CC1. The number of piperazine rings is 1. The topological polar surface area (TPSA) is 126 Å². The van der Waals surface area contributed by atoms with Gasteiger partial charge >= 0.3 is 12.2 Å². The summed E-state index contributed by atoms with van der Waals surface area (Å²) < 4.78 is 33.6. The average molecular weight is 615 g/mol. The Hall–Kier alpha value is -3.87. The summed E-state index contributed by atoms with van der Waals surface area (Å²) in [6.45, 7) is 7.08. The first-order valence-electron chi connectivity index (χ1n) is 14.5. The van der Waals surface area contributed by atoms with Crippen LogP contribution >= 0.6 is 11.6 Å². The van der Waals surface area contributed by atoms with E-state index in [1.54, 1.807) is 18.3 Å². The molecular weight excluding hydrogens is 582 g/mol. The molecule has 0 radical (unpaired) electrons. The largest absolute Gasteiger partial charge is 0.439 e. The van der Waals surface area contributed by atoms with Gasteiger partial charge in [0.1, 0.15) is 5.69 Å². The Morgan fingerprint density at radius 3 is 2.44 bits per heavy atom. The normalized spacial score (nSPS) is 23.0. The third-order valence-electron chi connectivity index (χ3n) is 8.59. The maximum Gasteiger partial charge on any atom is 0.439 e. The van der Waals surface area contributed by atoms with Crippen molar-refractivity contribution in [1.82, 2.24) is 34.6 Å². The van der Waals surface area contributed by atoms with Gasteiger partial charge in [-0.2, -0.15) is 8.78 Å². The number of H-pyrrole nitrogens is 1. The van der Waals surface area contributed by atoms with Crippen LogP contribution in [0.25, 0.3) is 33.8 Å². The zero-order valence-corrected chi connectivity index (χ0v) is 24.9. The first kappa shape index (κ1) is 29.2. The van der Waals surface area contributed by atoms with Crippen molar-refractivity contribution in [3.05, 3.63) is 40.1 Å². The van der Waals surface area contributed by atoms with Gasteiger partial charge in [-0.3, -0.25) is 19.3 Å². The van der Waals surface area contributed by atoms with Crippen LogP contribution in [0.1, 0.15) is 46.5 Å². The number of amides is 1. The van der Waals surface area contributed by atoms with Crippen LogP contribution in [0.15, 0.2) is 33.8 Å². The molecule has 2 atom stereocenters. The van der Waals surface area contributed by atoms with E-state index in [2.05, 4.69) is 31.5 Å². The van der Waals surface area contributed by atoms with Crippen LogP contribution in [-0.2, 0) is 11.3 Å². The summed E-state index contributed by atoms with van der Waals surface area (Å²) in [4.78, 5) is 44.2. The van der Waals surface area contributed by atoms with Crippen LogP contribution in [0.4, 0.5) is 14.7 Å². The number of imidazole rings is 1. The highest BCUT2D eigenvalue weighted by molar-refractivity contribution is 6.30. The summed E-state index contributed by atoms with van der Waals surface area (Å²) >= 11 is 6.36. The third kappa shape index (κ3) is 5.74. The second-order valence-electron chi connectivity index (χ2n) is 11.9. The minimum Gasteiger partial charge on any atom is -0.334 e. The highest BCUT2D eigenvalue weighted by atomic mass is 35.5. The lowest BCUT2D eigenvalue weighted by molar-refractivity contribution is -0.144. The van der Waals surface area contributed by atoms with Gasteiger partial charge in [0.15, 0.2) is 0 Å². The summed E-state index contributed by atoms with van der Waals surface area (Å²) in [5, 5.41) is 4.27. The van der Waals surface area contributed by atoms with E-state index in [0.29, 0.717) is 51.8 Å². The van der Waals surface area contributed by atoms with Gasteiger partial charge in [0.25, 0.3) is 5.91 Å². The van der Waals surface area contributed by atoms with Gasteiger partial charge in [-0.05, 0) is 50.7 Å². The second kappa shape index (κ2) is 11.7. The number of aromatic amines is 1. The molecule has 1 saturated carbocycles. The lowest BCUT2D eigenvalue weighted by atomic mass is 9.83. The Balaban J connectivity index is 1.54. The molecule has 4 aromatic heterocycles. The summed E-state index contributed by atoms with van der Waals surface area (Å²) in [7, 11) is 0.